The van der Waals surface area contributed by atoms with Crippen LogP contribution in [0, 0.1) is 5.41 Å². The van der Waals surface area contributed by atoms with Gasteiger partial charge in [0.25, 0.3) is 0 Å². The Morgan fingerprint density at radius 3 is 2.75 bits per heavy atom. The van der Waals surface area contributed by atoms with E-state index in [1.54, 1.807) is 18.2 Å². The van der Waals surface area contributed by atoms with E-state index in [1.807, 2.05) is 11.8 Å². The van der Waals surface area contributed by atoms with Crippen molar-refractivity contribution >= 4 is 48.2 Å². The van der Waals surface area contributed by atoms with Crippen LogP contribution in [0.1, 0.15) is 13.3 Å². The number of benzene rings is 1. The van der Waals surface area contributed by atoms with Crippen molar-refractivity contribution in [1.29, 1.82) is 5.41 Å². The first-order chi connectivity index (χ1) is 9.33. The molecule has 110 valence electrons. The van der Waals surface area contributed by atoms with Gasteiger partial charge in [0.2, 0.25) is 10.0 Å². The normalized spacial score (nSPS) is 23.1. The van der Waals surface area contributed by atoms with Crippen LogP contribution in [0.25, 0.3) is 0 Å². The zero-order valence-electron chi connectivity index (χ0n) is 10.8. The zero-order chi connectivity index (χ0) is 14.9. The molecule has 0 aliphatic carbocycles. The van der Waals surface area contributed by atoms with Gasteiger partial charge in [0.15, 0.2) is 0 Å². The van der Waals surface area contributed by atoms with Crippen molar-refractivity contribution in [2.45, 2.75) is 30.3 Å². The highest BCUT2D eigenvalue weighted by Gasteiger charge is 2.31. The lowest BCUT2D eigenvalue weighted by Gasteiger charge is -2.16. The number of halogens is 2. The average Bonchev–Trinajstić information content (AvgIpc) is 2.71. The van der Waals surface area contributed by atoms with E-state index < -0.39 is 10.0 Å². The average molecular weight is 425 g/mol. The Morgan fingerprint density at radius 2 is 2.15 bits per heavy atom. The quantitative estimate of drug-likeness (QED) is 0.576. The molecule has 2 N–H and O–H groups in total. The number of nitrogens with zero attached hydrogens (tertiary/aromatic N) is 1. The molecule has 2 atom stereocenters. The number of sulfonamides is 1. The Morgan fingerprint density at radius 1 is 1.45 bits per heavy atom. The SMILES string of the molecule is C[C@H]1C[C@@H](NS(=O)(=O)c2cc(Br)ccc2Br)CN1C=N. The van der Waals surface area contributed by atoms with E-state index in [9.17, 15) is 8.42 Å². The van der Waals surface area contributed by atoms with Crippen LogP contribution in [0.4, 0.5) is 0 Å². The molecule has 0 aromatic heterocycles. The number of nitrogens with one attached hydrogen (secondary N) is 2. The molecule has 0 radical (unpaired) electrons. The van der Waals surface area contributed by atoms with E-state index in [0.29, 0.717) is 21.9 Å². The molecule has 8 heteroatoms. The Bertz CT molecular complexity index is 621. The topological polar surface area (TPSA) is 73.3 Å². The minimum atomic E-state index is -3.58. The van der Waals surface area contributed by atoms with Gasteiger partial charge in [-0.05, 0) is 47.5 Å². The summed E-state index contributed by atoms with van der Waals surface area (Å²) in [5.74, 6) is 0. The molecule has 0 amide bonds. The summed E-state index contributed by atoms with van der Waals surface area (Å²) >= 11 is 6.55. The molecule has 1 aliphatic rings. The Hall–Kier alpha value is -0.440. The minimum absolute atomic E-state index is 0.172. The Kier molecular flexibility index (Phi) is 4.88. The highest BCUT2D eigenvalue weighted by atomic mass is 79.9. The van der Waals surface area contributed by atoms with Crippen LogP contribution in [0.5, 0.6) is 0 Å². The lowest BCUT2D eigenvalue weighted by molar-refractivity contribution is 0.422. The predicted molar refractivity (Wildman–Crippen MR) is 85.5 cm³/mol. The lowest BCUT2D eigenvalue weighted by Crippen LogP contribution is -2.37. The largest absolute Gasteiger partial charge is 0.359 e. The van der Waals surface area contributed by atoms with Crippen molar-refractivity contribution in [1.82, 2.24) is 9.62 Å². The van der Waals surface area contributed by atoms with Crippen molar-refractivity contribution < 1.29 is 8.42 Å². The molecule has 5 nitrogen and oxygen atoms in total. The van der Waals surface area contributed by atoms with Gasteiger partial charge in [0.05, 0.1) is 11.2 Å². The van der Waals surface area contributed by atoms with E-state index in [-0.39, 0.29) is 17.0 Å². The number of rotatable bonds is 4. The van der Waals surface area contributed by atoms with Gasteiger partial charge in [-0.1, -0.05) is 15.9 Å². The van der Waals surface area contributed by atoms with Gasteiger partial charge in [-0.3, -0.25) is 5.41 Å². The van der Waals surface area contributed by atoms with Crippen molar-refractivity contribution in [3.63, 3.8) is 0 Å². The number of hydrogen-bond donors (Lipinski definition) is 2. The second-order valence-electron chi connectivity index (χ2n) is 4.80. The molecule has 1 heterocycles. The number of likely N-dealkylation sites (tertiary alicyclic amines) is 1. The molecule has 0 bridgehead atoms. The Balaban J connectivity index is 2.20. The molecule has 20 heavy (non-hydrogen) atoms. The number of hydrogen-bond acceptors (Lipinski definition) is 3. The fourth-order valence-corrected chi connectivity index (χ4v) is 5.03. The van der Waals surface area contributed by atoms with E-state index in [0.717, 1.165) is 0 Å². The first-order valence-corrected chi connectivity index (χ1v) is 9.14. The summed E-state index contributed by atoms with van der Waals surface area (Å²) < 4.78 is 28.8. The summed E-state index contributed by atoms with van der Waals surface area (Å²) in [6.07, 6.45) is 1.95. The van der Waals surface area contributed by atoms with Crippen LogP contribution in [-0.2, 0) is 10.0 Å². The first-order valence-electron chi connectivity index (χ1n) is 6.07. The monoisotopic (exact) mass is 423 g/mol. The fourth-order valence-electron chi connectivity index (χ4n) is 2.29. The van der Waals surface area contributed by atoms with Crippen LogP contribution in [0.3, 0.4) is 0 Å². The summed E-state index contributed by atoms with van der Waals surface area (Å²) in [6, 6.07) is 5.03. The van der Waals surface area contributed by atoms with Crippen LogP contribution in [-0.4, -0.2) is 38.3 Å². The van der Waals surface area contributed by atoms with Crippen LogP contribution >= 0.6 is 31.9 Å². The summed E-state index contributed by atoms with van der Waals surface area (Å²) in [7, 11) is -3.58. The lowest BCUT2D eigenvalue weighted by atomic mass is 10.2. The van der Waals surface area contributed by atoms with Crippen molar-refractivity contribution in [3.8, 4) is 0 Å². The predicted octanol–water partition coefficient (Wildman–Crippen LogP) is 2.56. The Labute approximate surface area is 135 Å². The summed E-state index contributed by atoms with van der Waals surface area (Å²) in [6.45, 7) is 2.50. The maximum absolute atomic E-state index is 12.4. The van der Waals surface area contributed by atoms with Gasteiger partial charge in [0, 0.05) is 27.6 Å². The summed E-state index contributed by atoms with van der Waals surface area (Å²) in [5, 5.41) is 7.29. The smallest absolute Gasteiger partial charge is 0.242 e. The van der Waals surface area contributed by atoms with Crippen LogP contribution in [0.2, 0.25) is 0 Å². The molecule has 1 fully saturated rings. The molecule has 0 saturated carbocycles. The molecule has 1 aromatic rings. The first kappa shape index (κ1) is 15.9. The second kappa shape index (κ2) is 6.13. The van der Waals surface area contributed by atoms with Gasteiger partial charge < -0.3 is 4.90 Å². The molecule has 1 aliphatic heterocycles. The summed E-state index contributed by atoms with van der Waals surface area (Å²) in [5.41, 5.74) is 0. The van der Waals surface area contributed by atoms with Gasteiger partial charge in [-0.2, -0.15) is 0 Å². The standard InChI is InChI=1S/C12H15Br2N3O2S/c1-8-4-10(6-17(8)7-15)16-20(18,19)12-5-9(13)2-3-11(12)14/h2-3,5,7-8,10,15-16H,4,6H2,1H3/t8-,10+/m0/s1. The van der Waals surface area contributed by atoms with E-state index >= 15 is 0 Å². The molecule has 0 spiro atoms. The van der Waals surface area contributed by atoms with Crippen molar-refractivity contribution in [2.75, 3.05) is 6.54 Å². The molecule has 1 saturated heterocycles. The summed E-state index contributed by atoms with van der Waals surface area (Å²) in [4.78, 5) is 2.04. The molecular formula is C12H15Br2N3O2S. The second-order valence-corrected chi connectivity index (χ2v) is 8.26. The molecular weight excluding hydrogens is 410 g/mol. The highest BCUT2D eigenvalue weighted by Crippen LogP contribution is 2.26. The third kappa shape index (κ3) is 3.41. The van der Waals surface area contributed by atoms with Gasteiger partial charge in [-0.15, -0.1) is 0 Å². The fraction of sp³-hybridized carbons (Fsp3) is 0.417. The maximum Gasteiger partial charge on any atom is 0.242 e. The maximum atomic E-state index is 12.4. The van der Waals surface area contributed by atoms with Crippen LogP contribution < -0.4 is 4.72 Å². The minimum Gasteiger partial charge on any atom is -0.359 e. The van der Waals surface area contributed by atoms with E-state index in [4.69, 9.17) is 5.41 Å². The van der Waals surface area contributed by atoms with Gasteiger partial charge in [-0.25, -0.2) is 13.1 Å². The van der Waals surface area contributed by atoms with Crippen LogP contribution in [0.15, 0.2) is 32.0 Å². The van der Waals surface area contributed by atoms with Gasteiger partial charge >= 0.3 is 0 Å². The zero-order valence-corrected chi connectivity index (χ0v) is 14.8. The van der Waals surface area contributed by atoms with Crippen molar-refractivity contribution in [3.05, 3.63) is 27.1 Å². The van der Waals surface area contributed by atoms with E-state index in [1.165, 1.54) is 6.34 Å². The highest BCUT2D eigenvalue weighted by molar-refractivity contribution is 9.11. The molecule has 2 rings (SSSR count). The molecule has 1 aromatic carbocycles. The molecule has 0 unspecified atom stereocenters. The third-order valence-corrected chi connectivity index (χ3v) is 6.30. The van der Waals surface area contributed by atoms with E-state index in [2.05, 4.69) is 36.6 Å². The third-order valence-electron chi connectivity index (χ3n) is 3.29. The van der Waals surface area contributed by atoms with Crippen molar-refractivity contribution in [2.24, 2.45) is 0 Å². The van der Waals surface area contributed by atoms with Gasteiger partial charge in [0.1, 0.15) is 0 Å².